The van der Waals surface area contributed by atoms with Crippen LogP contribution in [-0.4, -0.2) is 63.2 Å². The number of furan rings is 1. The van der Waals surface area contributed by atoms with Crippen molar-refractivity contribution in [1.29, 1.82) is 0 Å². The standard InChI is InChI=1S/C22H31N5O3.HI/c1-23-22(24-9-7-20-6-3-13-30-20)25-17-18-4-2-5-19(16-18)26-21(28)8-10-27-11-14-29-15-12-27;/h2-6,13,16H,7-12,14-15,17H2,1H3,(H,26,28)(H2,23,24,25);1H. The van der Waals surface area contributed by atoms with Crippen LogP contribution in [0.5, 0.6) is 0 Å². The van der Waals surface area contributed by atoms with Gasteiger partial charge in [0.25, 0.3) is 0 Å². The lowest BCUT2D eigenvalue weighted by atomic mass is 10.2. The molecule has 1 aliphatic heterocycles. The SMILES string of the molecule is CN=C(NCCc1ccco1)NCc1cccc(NC(=O)CCN2CCOCC2)c1.I. The maximum atomic E-state index is 12.3. The van der Waals surface area contributed by atoms with Crippen molar-refractivity contribution >= 4 is 41.5 Å². The van der Waals surface area contributed by atoms with Gasteiger partial charge in [0.15, 0.2) is 5.96 Å². The number of carbonyl (C=O) groups is 1. The number of rotatable bonds is 9. The highest BCUT2D eigenvalue weighted by atomic mass is 127. The van der Waals surface area contributed by atoms with E-state index in [4.69, 9.17) is 9.15 Å². The largest absolute Gasteiger partial charge is 0.469 e. The van der Waals surface area contributed by atoms with Gasteiger partial charge < -0.3 is 25.1 Å². The molecular weight excluding hydrogens is 509 g/mol. The summed E-state index contributed by atoms with van der Waals surface area (Å²) in [6.07, 6.45) is 2.95. The number of hydrogen-bond donors (Lipinski definition) is 3. The van der Waals surface area contributed by atoms with Gasteiger partial charge >= 0.3 is 0 Å². The van der Waals surface area contributed by atoms with Crippen molar-refractivity contribution in [3.8, 4) is 0 Å². The molecule has 1 saturated heterocycles. The molecule has 0 bridgehead atoms. The number of morpholine rings is 1. The molecule has 0 atom stereocenters. The summed E-state index contributed by atoms with van der Waals surface area (Å²) in [6, 6.07) is 11.7. The van der Waals surface area contributed by atoms with Gasteiger partial charge in [-0.25, -0.2) is 0 Å². The molecule has 1 aromatic heterocycles. The van der Waals surface area contributed by atoms with E-state index in [1.54, 1.807) is 13.3 Å². The Bertz CT molecular complexity index is 807. The Morgan fingerprint density at radius 3 is 2.74 bits per heavy atom. The Hall–Kier alpha value is -2.11. The lowest BCUT2D eigenvalue weighted by Gasteiger charge is -2.26. The molecule has 0 aliphatic carbocycles. The van der Waals surface area contributed by atoms with Crippen molar-refractivity contribution in [3.63, 3.8) is 0 Å². The Kier molecular flexibility index (Phi) is 11.4. The Morgan fingerprint density at radius 1 is 1.16 bits per heavy atom. The number of anilines is 1. The summed E-state index contributed by atoms with van der Waals surface area (Å²) in [6.45, 7) is 5.38. The van der Waals surface area contributed by atoms with E-state index in [-0.39, 0.29) is 29.9 Å². The number of nitrogens with one attached hydrogen (secondary N) is 3. The summed E-state index contributed by atoms with van der Waals surface area (Å²) >= 11 is 0. The smallest absolute Gasteiger partial charge is 0.225 e. The molecule has 1 fully saturated rings. The molecule has 2 aromatic rings. The lowest BCUT2D eigenvalue weighted by molar-refractivity contribution is -0.116. The first-order valence-electron chi connectivity index (χ1n) is 10.4. The molecule has 2 heterocycles. The molecular formula is C22H32IN5O3. The van der Waals surface area contributed by atoms with Crippen LogP contribution in [0.1, 0.15) is 17.7 Å². The van der Waals surface area contributed by atoms with Crippen molar-refractivity contribution in [3.05, 3.63) is 54.0 Å². The molecule has 1 aliphatic rings. The fraction of sp³-hybridized carbons (Fsp3) is 0.455. The van der Waals surface area contributed by atoms with Gasteiger partial charge in [0, 0.05) is 58.3 Å². The molecule has 0 spiro atoms. The molecule has 1 aromatic carbocycles. The van der Waals surface area contributed by atoms with Crippen molar-refractivity contribution < 1.29 is 13.9 Å². The van der Waals surface area contributed by atoms with E-state index in [2.05, 4.69) is 25.8 Å². The zero-order valence-corrected chi connectivity index (χ0v) is 20.3. The topological polar surface area (TPSA) is 91.1 Å². The van der Waals surface area contributed by atoms with E-state index in [0.717, 1.165) is 68.8 Å². The third-order valence-electron chi connectivity index (χ3n) is 4.90. The predicted octanol–water partition coefficient (Wildman–Crippen LogP) is 2.47. The van der Waals surface area contributed by atoms with Gasteiger partial charge in [-0.15, -0.1) is 24.0 Å². The van der Waals surface area contributed by atoms with Crippen LogP contribution in [0.15, 0.2) is 52.1 Å². The van der Waals surface area contributed by atoms with E-state index in [1.807, 2.05) is 36.4 Å². The van der Waals surface area contributed by atoms with Crippen LogP contribution in [-0.2, 0) is 22.5 Å². The minimum atomic E-state index is 0. The highest BCUT2D eigenvalue weighted by Gasteiger charge is 2.12. The van der Waals surface area contributed by atoms with Crippen LogP contribution < -0.4 is 16.0 Å². The normalized spacial score (nSPS) is 14.5. The average molecular weight is 541 g/mol. The van der Waals surface area contributed by atoms with Gasteiger partial charge in [0.1, 0.15) is 5.76 Å². The van der Waals surface area contributed by atoms with E-state index >= 15 is 0 Å². The van der Waals surface area contributed by atoms with Gasteiger partial charge in [-0.05, 0) is 29.8 Å². The van der Waals surface area contributed by atoms with Crippen molar-refractivity contribution in [2.75, 3.05) is 51.8 Å². The van der Waals surface area contributed by atoms with Crippen molar-refractivity contribution in [1.82, 2.24) is 15.5 Å². The number of nitrogens with zero attached hydrogens (tertiary/aromatic N) is 2. The molecule has 0 radical (unpaired) electrons. The molecule has 8 nitrogen and oxygen atoms in total. The molecule has 31 heavy (non-hydrogen) atoms. The minimum Gasteiger partial charge on any atom is -0.469 e. The monoisotopic (exact) mass is 541 g/mol. The first-order valence-corrected chi connectivity index (χ1v) is 10.4. The van der Waals surface area contributed by atoms with Gasteiger partial charge in [0.2, 0.25) is 5.91 Å². The minimum absolute atomic E-state index is 0. The van der Waals surface area contributed by atoms with E-state index in [0.29, 0.717) is 13.0 Å². The van der Waals surface area contributed by atoms with Crippen LogP contribution in [0.25, 0.3) is 0 Å². The summed E-state index contributed by atoms with van der Waals surface area (Å²) < 4.78 is 10.7. The number of hydrogen-bond acceptors (Lipinski definition) is 5. The van der Waals surface area contributed by atoms with Crippen molar-refractivity contribution in [2.45, 2.75) is 19.4 Å². The van der Waals surface area contributed by atoms with Crippen LogP contribution in [0, 0.1) is 0 Å². The number of guanidine groups is 1. The second kappa shape index (κ2) is 14.0. The fourth-order valence-electron chi connectivity index (χ4n) is 3.23. The van der Waals surface area contributed by atoms with E-state index in [1.165, 1.54) is 0 Å². The lowest BCUT2D eigenvalue weighted by Crippen LogP contribution is -2.38. The number of ether oxygens (including phenoxy) is 1. The maximum absolute atomic E-state index is 12.3. The number of halogens is 1. The first kappa shape index (κ1) is 25.2. The van der Waals surface area contributed by atoms with E-state index < -0.39 is 0 Å². The second-order valence-corrected chi connectivity index (χ2v) is 7.13. The first-order chi connectivity index (χ1) is 14.7. The maximum Gasteiger partial charge on any atom is 0.225 e. The van der Waals surface area contributed by atoms with Gasteiger partial charge in [0.05, 0.1) is 19.5 Å². The van der Waals surface area contributed by atoms with Crippen LogP contribution in [0.4, 0.5) is 5.69 Å². The molecule has 1 amide bonds. The molecule has 3 rings (SSSR count). The van der Waals surface area contributed by atoms with E-state index in [9.17, 15) is 4.79 Å². The fourth-order valence-corrected chi connectivity index (χ4v) is 3.23. The predicted molar refractivity (Wildman–Crippen MR) is 133 cm³/mol. The molecule has 170 valence electrons. The third-order valence-corrected chi connectivity index (χ3v) is 4.90. The quantitative estimate of drug-likeness (QED) is 0.257. The average Bonchev–Trinajstić information content (AvgIpc) is 3.29. The van der Waals surface area contributed by atoms with Crippen molar-refractivity contribution in [2.24, 2.45) is 4.99 Å². The van der Waals surface area contributed by atoms with Crippen LogP contribution >= 0.6 is 24.0 Å². The Morgan fingerprint density at radius 2 is 2.00 bits per heavy atom. The highest BCUT2D eigenvalue weighted by Crippen LogP contribution is 2.11. The highest BCUT2D eigenvalue weighted by molar-refractivity contribution is 14.0. The second-order valence-electron chi connectivity index (χ2n) is 7.13. The van der Waals surface area contributed by atoms with Gasteiger partial charge in [-0.1, -0.05) is 12.1 Å². The summed E-state index contributed by atoms with van der Waals surface area (Å²) in [4.78, 5) is 18.8. The molecule has 9 heteroatoms. The number of carbonyl (C=O) groups excluding carboxylic acids is 1. The van der Waals surface area contributed by atoms with Gasteiger partial charge in [-0.3, -0.25) is 14.7 Å². The summed E-state index contributed by atoms with van der Waals surface area (Å²) in [5, 5.41) is 9.55. The summed E-state index contributed by atoms with van der Waals surface area (Å²) in [5.41, 5.74) is 1.87. The number of benzene rings is 1. The van der Waals surface area contributed by atoms with Crippen LogP contribution in [0.3, 0.4) is 0 Å². The summed E-state index contributed by atoms with van der Waals surface area (Å²) in [7, 11) is 1.74. The Labute approximate surface area is 200 Å². The number of amides is 1. The Balaban J connectivity index is 0.00000341. The zero-order valence-electron chi connectivity index (χ0n) is 17.9. The zero-order chi connectivity index (χ0) is 21.0. The number of aliphatic imine (C=N–C) groups is 1. The molecule has 0 unspecified atom stereocenters. The summed E-state index contributed by atoms with van der Waals surface area (Å²) in [5.74, 6) is 1.69. The molecule has 0 saturated carbocycles. The third kappa shape index (κ3) is 9.28. The van der Waals surface area contributed by atoms with Crippen LogP contribution in [0.2, 0.25) is 0 Å². The van der Waals surface area contributed by atoms with Gasteiger partial charge in [-0.2, -0.15) is 0 Å². The molecule has 3 N–H and O–H groups in total.